The lowest BCUT2D eigenvalue weighted by molar-refractivity contribution is -0.384. The van der Waals surface area contributed by atoms with Crippen LogP contribution < -0.4 is 4.74 Å². The second kappa shape index (κ2) is 7.00. The molecule has 0 aromatic heterocycles. The van der Waals surface area contributed by atoms with Gasteiger partial charge in [-0.25, -0.2) is 0 Å². The molecule has 0 radical (unpaired) electrons. The summed E-state index contributed by atoms with van der Waals surface area (Å²) in [4.78, 5) is 24.0. The fourth-order valence-corrected chi connectivity index (χ4v) is 1.81. The van der Waals surface area contributed by atoms with Crippen molar-refractivity contribution in [2.75, 3.05) is 20.6 Å². The number of carbonyl (C=O) groups is 1. The Labute approximate surface area is 118 Å². The maximum atomic E-state index is 12.0. The lowest BCUT2D eigenvalue weighted by Gasteiger charge is -2.21. The molecule has 6 heteroatoms. The molecule has 1 rings (SSSR count). The molecule has 1 aromatic rings. The van der Waals surface area contributed by atoms with Gasteiger partial charge in [0.25, 0.3) is 5.69 Å². The van der Waals surface area contributed by atoms with E-state index in [1.807, 2.05) is 32.8 Å². The molecule has 2 unspecified atom stereocenters. The van der Waals surface area contributed by atoms with E-state index in [9.17, 15) is 14.9 Å². The molecule has 0 heterocycles. The summed E-state index contributed by atoms with van der Waals surface area (Å²) < 4.78 is 5.23. The van der Waals surface area contributed by atoms with Crippen LogP contribution in [0.25, 0.3) is 0 Å². The second-order valence-corrected chi connectivity index (χ2v) is 5.20. The van der Waals surface area contributed by atoms with Crippen molar-refractivity contribution < 1.29 is 14.5 Å². The van der Waals surface area contributed by atoms with Gasteiger partial charge in [0, 0.05) is 18.7 Å². The van der Waals surface area contributed by atoms with Crippen LogP contribution >= 0.6 is 0 Å². The average molecular weight is 280 g/mol. The second-order valence-electron chi connectivity index (χ2n) is 5.20. The van der Waals surface area contributed by atoms with Gasteiger partial charge in [-0.05, 0) is 32.1 Å². The molecule has 0 aliphatic heterocycles. The van der Waals surface area contributed by atoms with Crippen LogP contribution in [-0.2, 0) is 4.79 Å². The first-order valence-electron chi connectivity index (χ1n) is 6.42. The zero-order valence-corrected chi connectivity index (χ0v) is 12.2. The van der Waals surface area contributed by atoms with Gasteiger partial charge in [-0.1, -0.05) is 13.8 Å². The van der Waals surface area contributed by atoms with Crippen LogP contribution in [0.5, 0.6) is 5.75 Å². The maximum absolute atomic E-state index is 12.0. The minimum atomic E-state index is -0.493. The van der Waals surface area contributed by atoms with Crippen LogP contribution in [0.3, 0.4) is 0 Å². The van der Waals surface area contributed by atoms with Crippen molar-refractivity contribution in [3.8, 4) is 5.75 Å². The molecule has 0 aliphatic rings. The van der Waals surface area contributed by atoms with Crippen LogP contribution in [-0.4, -0.2) is 36.4 Å². The van der Waals surface area contributed by atoms with E-state index in [2.05, 4.69) is 0 Å². The number of hydrogen-bond acceptors (Lipinski definition) is 5. The third-order valence-electron chi connectivity index (χ3n) is 3.14. The molecule has 0 amide bonds. The minimum absolute atomic E-state index is 0.0289. The molecule has 0 spiro atoms. The Kier molecular flexibility index (Phi) is 5.64. The van der Waals surface area contributed by atoms with Gasteiger partial charge in [0.1, 0.15) is 5.75 Å². The van der Waals surface area contributed by atoms with Crippen molar-refractivity contribution >= 4 is 11.7 Å². The lowest BCUT2D eigenvalue weighted by Crippen LogP contribution is -2.30. The summed E-state index contributed by atoms with van der Waals surface area (Å²) in [5.74, 6) is -0.0825. The van der Waals surface area contributed by atoms with E-state index in [0.717, 1.165) is 6.54 Å². The predicted molar refractivity (Wildman–Crippen MR) is 75.6 cm³/mol. The van der Waals surface area contributed by atoms with E-state index in [1.165, 1.54) is 24.3 Å². The molecule has 0 saturated heterocycles. The Bertz CT molecular complexity index is 471. The SMILES string of the molecule is CC(CN(C)C)C(C)C(=O)Oc1ccc([N+](=O)[O-])cc1. The molecule has 0 bridgehead atoms. The van der Waals surface area contributed by atoms with E-state index >= 15 is 0 Å². The third kappa shape index (κ3) is 4.62. The molecule has 0 saturated carbocycles. The van der Waals surface area contributed by atoms with Gasteiger partial charge in [0.15, 0.2) is 0 Å². The summed E-state index contributed by atoms with van der Waals surface area (Å²) in [6, 6.07) is 5.49. The zero-order valence-electron chi connectivity index (χ0n) is 12.2. The first-order chi connectivity index (χ1) is 9.31. The highest BCUT2D eigenvalue weighted by Gasteiger charge is 2.22. The van der Waals surface area contributed by atoms with Crippen molar-refractivity contribution in [3.63, 3.8) is 0 Å². The van der Waals surface area contributed by atoms with E-state index in [-0.39, 0.29) is 23.5 Å². The molecule has 1 aromatic carbocycles. The zero-order chi connectivity index (χ0) is 15.3. The number of nitro groups is 1. The smallest absolute Gasteiger partial charge is 0.314 e. The summed E-state index contributed by atoms with van der Waals surface area (Å²) in [5, 5.41) is 10.5. The predicted octanol–water partition coefficient (Wildman–Crippen LogP) is 2.33. The molecule has 20 heavy (non-hydrogen) atoms. The number of esters is 1. The topological polar surface area (TPSA) is 72.7 Å². The van der Waals surface area contributed by atoms with E-state index < -0.39 is 4.92 Å². The highest BCUT2D eigenvalue weighted by molar-refractivity contribution is 5.75. The number of rotatable bonds is 6. The molecule has 110 valence electrons. The number of non-ortho nitro benzene ring substituents is 1. The largest absolute Gasteiger partial charge is 0.426 e. The van der Waals surface area contributed by atoms with E-state index in [0.29, 0.717) is 5.75 Å². The van der Waals surface area contributed by atoms with E-state index in [4.69, 9.17) is 4.74 Å². The highest BCUT2D eigenvalue weighted by Crippen LogP contribution is 2.20. The summed E-state index contributed by atoms with van der Waals surface area (Å²) >= 11 is 0. The van der Waals surface area contributed by atoms with Crippen LogP contribution in [0.4, 0.5) is 5.69 Å². The van der Waals surface area contributed by atoms with Crippen LogP contribution in [0, 0.1) is 22.0 Å². The van der Waals surface area contributed by atoms with Crippen molar-refractivity contribution in [2.24, 2.45) is 11.8 Å². The Balaban J connectivity index is 2.63. The fraction of sp³-hybridized carbons (Fsp3) is 0.500. The number of benzene rings is 1. The van der Waals surface area contributed by atoms with Gasteiger partial charge >= 0.3 is 5.97 Å². The molecule has 0 N–H and O–H groups in total. The van der Waals surface area contributed by atoms with Crippen LogP contribution in [0.1, 0.15) is 13.8 Å². The van der Waals surface area contributed by atoms with Gasteiger partial charge in [0.2, 0.25) is 0 Å². The summed E-state index contributed by atoms with van der Waals surface area (Å²) in [5.41, 5.74) is -0.0289. The summed E-state index contributed by atoms with van der Waals surface area (Å²) in [6.07, 6.45) is 0. The Morgan fingerprint density at radius 1 is 1.30 bits per heavy atom. The molecule has 2 atom stereocenters. The lowest BCUT2D eigenvalue weighted by atomic mass is 9.96. The van der Waals surface area contributed by atoms with E-state index in [1.54, 1.807) is 0 Å². The first kappa shape index (κ1) is 16.1. The van der Waals surface area contributed by atoms with Crippen molar-refractivity contribution in [1.82, 2.24) is 4.90 Å². The monoisotopic (exact) mass is 280 g/mol. The Morgan fingerprint density at radius 2 is 1.85 bits per heavy atom. The number of ether oxygens (including phenoxy) is 1. The molecule has 0 fully saturated rings. The standard InChI is InChI=1S/C14H20N2O4/c1-10(9-15(3)4)11(2)14(17)20-13-7-5-12(6-8-13)16(18)19/h5-8,10-11H,9H2,1-4H3. The average Bonchev–Trinajstić information content (AvgIpc) is 2.37. The maximum Gasteiger partial charge on any atom is 0.314 e. The highest BCUT2D eigenvalue weighted by atomic mass is 16.6. The summed E-state index contributed by atoms with van der Waals surface area (Å²) in [6.45, 7) is 4.60. The first-order valence-corrected chi connectivity index (χ1v) is 6.42. The van der Waals surface area contributed by atoms with Gasteiger partial charge in [-0.2, -0.15) is 0 Å². The molecule has 0 aliphatic carbocycles. The molecular formula is C14H20N2O4. The summed E-state index contributed by atoms with van der Waals surface area (Å²) in [7, 11) is 3.90. The third-order valence-corrected chi connectivity index (χ3v) is 3.14. The van der Waals surface area contributed by atoms with Crippen LogP contribution in [0.2, 0.25) is 0 Å². The molecular weight excluding hydrogens is 260 g/mol. The number of hydrogen-bond donors (Lipinski definition) is 0. The van der Waals surface area contributed by atoms with Crippen molar-refractivity contribution in [1.29, 1.82) is 0 Å². The number of carbonyl (C=O) groups excluding carboxylic acids is 1. The quantitative estimate of drug-likeness (QED) is 0.346. The number of nitrogens with zero attached hydrogens (tertiary/aromatic N) is 2. The van der Waals surface area contributed by atoms with Crippen LogP contribution in [0.15, 0.2) is 24.3 Å². The minimum Gasteiger partial charge on any atom is -0.426 e. The molecule has 6 nitrogen and oxygen atoms in total. The van der Waals surface area contributed by atoms with Gasteiger partial charge in [-0.15, -0.1) is 0 Å². The van der Waals surface area contributed by atoms with Crippen molar-refractivity contribution in [2.45, 2.75) is 13.8 Å². The fourth-order valence-electron chi connectivity index (χ4n) is 1.81. The number of nitro benzene ring substituents is 1. The van der Waals surface area contributed by atoms with Gasteiger partial charge in [0.05, 0.1) is 10.8 Å². The Hall–Kier alpha value is -1.95. The van der Waals surface area contributed by atoms with Gasteiger partial charge < -0.3 is 9.64 Å². The Morgan fingerprint density at radius 3 is 2.30 bits per heavy atom. The normalized spacial score (nSPS) is 13.8. The van der Waals surface area contributed by atoms with Crippen molar-refractivity contribution in [3.05, 3.63) is 34.4 Å². The van der Waals surface area contributed by atoms with Gasteiger partial charge in [-0.3, -0.25) is 14.9 Å².